The highest BCUT2D eigenvalue weighted by atomic mass is 16.4. The maximum atomic E-state index is 10.9. The third-order valence-corrected chi connectivity index (χ3v) is 3.64. The fourth-order valence-electron chi connectivity index (χ4n) is 2.67. The van der Waals surface area contributed by atoms with E-state index in [0.717, 1.165) is 32.2 Å². The minimum absolute atomic E-state index is 0.132. The lowest BCUT2D eigenvalue weighted by atomic mass is 9.86. The molecule has 1 aliphatic carbocycles. The Balaban J connectivity index is 1.72. The van der Waals surface area contributed by atoms with E-state index >= 15 is 0 Å². The molecular weight excluding hydrogens is 230 g/mol. The number of carboxylic acids is 1. The minimum atomic E-state index is -0.639. The maximum Gasteiger partial charge on any atom is 0.306 e. The van der Waals surface area contributed by atoms with E-state index in [2.05, 4.69) is 21.8 Å². The zero-order chi connectivity index (χ0) is 13.0. The van der Waals surface area contributed by atoms with Gasteiger partial charge in [-0.25, -0.2) is 4.98 Å². The van der Waals surface area contributed by atoms with Gasteiger partial charge in [-0.2, -0.15) is 0 Å². The zero-order valence-corrected chi connectivity index (χ0v) is 10.7. The van der Waals surface area contributed by atoms with Gasteiger partial charge >= 0.3 is 5.97 Å². The highest BCUT2D eigenvalue weighted by Gasteiger charge is 2.26. The zero-order valence-electron chi connectivity index (χ0n) is 10.7. The Kier molecular flexibility index (Phi) is 4.36. The van der Waals surface area contributed by atoms with Crippen molar-refractivity contribution in [1.29, 1.82) is 0 Å². The highest BCUT2D eigenvalue weighted by molar-refractivity contribution is 5.70. The molecule has 1 aliphatic rings. The summed E-state index contributed by atoms with van der Waals surface area (Å²) >= 11 is 0. The number of imidazole rings is 1. The molecule has 0 aliphatic heterocycles. The van der Waals surface area contributed by atoms with Gasteiger partial charge in [0.05, 0.1) is 12.2 Å². The average Bonchev–Trinajstić information content (AvgIpc) is 2.82. The summed E-state index contributed by atoms with van der Waals surface area (Å²) in [6.45, 7) is 3.06. The molecule has 1 unspecified atom stereocenters. The molecule has 0 amide bonds. The fourth-order valence-corrected chi connectivity index (χ4v) is 2.67. The van der Waals surface area contributed by atoms with Gasteiger partial charge in [0.25, 0.3) is 0 Å². The summed E-state index contributed by atoms with van der Waals surface area (Å²) in [5.74, 6) is -0.771. The molecule has 0 bridgehead atoms. The Labute approximate surface area is 107 Å². The summed E-state index contributed by atoms with van der Waals surface area (Å²) < 4.78 is 2.06. The molecule has 1 saturated carbocycles. The second-order valence-electron chi connectivity index (χ2n) is 5.21. The molecule has 0 radical (unpaired) electrons. The molecule has 18 heavy (non-hydrogen) atoms. The van der Waals surface area contributed by atoms with Gasteiger partial charge in [-0.1, -0.05) is 0 Å². The van der Waals surface area contributed by atoms with Crippen LogP contribution in [0.5, 0.6) is 0 Å². The van der Waals surface area contributed by atoms with E-state index in [-0.39, 0.29) is 5.92 Å². The maximum absolute atomic E-state index is 10.9. The predicted molar refractivity (Wildman–Crippen MR) is 68.2 cm³/mol. The SMILES string of the molecule is CC(Cn1ccnc1)NC1CCC(C(=O)O)CC1. The van der Waals surface area contributed by atoms with Crippen molar-refractivity contribution in [3.05, 3.63) is 18.7 Å². The van der Waals surface area contributed by atoms with Gasteiger partial charge in [-0.15, -0.1) is 0 Å². The molecule has 1 fully saturated rings. The lowest BCUT2D eigenvalue weighted by molar-refractivity contribution is -0.142. The number of aliphatic carboxylic acids is 1. The van der Waals surface area contributed by atoms with Crippen LogP contribution in [0.25, 0.3) is 0 Å². The van der Waals surface area contributed by atoms with Crippen LogP contribution in [0.3, 0.4) is 0 Å². The Hall–Kier alpha value is -1.36. The van der Waals surface area contributed by atoms with E-state index < -0.39 is 5.97 Å². The van der Waals surface area contributed by atoms with Gasteiger partial charge in [0.1, 0.15) is 0 Å². The lowest BCUT2D eigenvalue weighted by Gasteiger charge is -2.29. The van der Waals surface area contributed by atoms with E-state index in [9.17, 15) is 4.79 Å². The molecule has 0 saturated heterocycles. The van der Waals surface area contributed by atoms with Gasteiger partial charge < -0.3 is 15.0 Å². The van der Waals surface area contributed by atoms with Crippen molar-refractivity contribution in [2.24, 2.45) is 5.92 Å². The summed E-state index contributed by atoms with van der Waals surface area (Å²) in [5.41, 5.74) is 0. The summed E-state index contributed by atoms with van der Waals surface area (Å²) in [6, 6.07) is 0.838. The highest BCUT2D eigenvalue weighted by Crippen LogP contribution is 2.24. The first-order chi connectivity index (χ1) is 8.65. The van der Waals surface area contributed by atoms with Crippen molar-refractivity contribution in [1.82, 2.24) is 14.9 Å². The molecule has 5 heteroatoms. The summed E-state index contributed by atoms with van der Waals surface area (Å²) in [7, 11) is 0. The lowest BCUT2D eigenvalue weighted by Crippen LogP contribution is -2.41. The number of carboxylic acid groups (broad SMARTS) is 1. The van der Waals surface area contributed by atoms with Gasteiger partial charge in [-0.3, -0.25) is 4.79 Å². The van der Waals surface area contributed by atoms with E-state index in [1.54, 1.807) is 6.20 Å². The molecule has 100 valence electrons. The molecule has 2 rings (SSSR count). The summed E-state index contributed by atoms with van der Waals surface area (Å²) in [4.78, 5) is 14.9. The van der Waals surface area contributed by atoms with Crippen LogP contribution in [-0.4, -0.2) is 32.7 Å². The monoisotopic (exact) mass is 251 g/mol. The van der Waals surface area contributed by atoms with Crippen LogP contribution >= 0.6 is 0 Å². The van der Waals surface area contributed by atoms with Crippen molar-refractivity contribution in [2.75, 3.05) is 0 Å². The number of nitrogens with zero attached hydrogens (tertiary/aromatic N) is 2. The Morgan fingerprint density at radius 1 is 1.50 bits per heavy atom. The van der Waals surface area contributed by atoms with Gasteiger partial charge in [0, 0.05) is 31.0 Å². The first kappa shape index (κ1) is 13.1. The molecule has 1 heterocycles. The van der Waals surface area contributed by atoms with Crippen LogP contribution < -0.4 is 5.32 Å². The Bertz CT molecular complexity index is 370. The van der Waals surface area contributed by atoms with Crippen molar-refractivity contribution in [2.45, 2.75) is 51.2 Å². The predicted octanol–water partition coefficient (Wildman–Crippen LogP) is 1.50. The molecule has 2 N–H and O–H groups in total. The topological polar surface area (TPSA) is 67.2 Å². The normalized spacial score (nSPS) is 25.8. The van der Waals surface area contributed by atoms with E-state index in [1.165, 1.54) is 0 Å². The van der Waals surface area contributed by atoms with Gasteiger partial charge in [-0.05, 0) is 32.6 Å². The van der Waals surface area contributed by atoms with Crippen molar-refractivity contribution < 1.29 is 9.90 Å². The first-order valence-electron chi connectivity index (χ1n) is 6.59. The van der Waals surface area contributed by atoms with Crippen LogP contribution in [-0.2, 0) is 11.3 Å². The van der Waals surface area contributed by atoms with E-state index in [0.29, 0.717) is 12.1 Å². The van der Waals surface area contributed by atoms with Crippen LogP contribution in [0.4, 0.5) is 0 Å². The molecule has 0 aromatic carbocycles. The Morgan fingerprint density at radius 3 is 2.78 bits per heavy atom. The molecule has 0 spiro atoms. The molecule has 1 aromatic heterocycles. The van der Waals surface area contributed by atoms with Gasteiger partial charge in [0.15, 0.2) is 0 Å². The first-order valence-corrected chi connectivity index (χ1v) is 6.59. The molecule has 1 aromatic rings. The van der Waals surface area contributed by atoms with Crippen LogP contribution in [0.1, 0.15) is 32.6 Å². The van der Waals surface area contributed by atoms with E-state index in [1.807, 2.05) is 12.5 Å². The number of rotatable bonds is 5. The third-order valence-electron chi connectivity index (χ3n) is 3.64. The van der Waals surface area contributed by atoms with Crippen LogP contribution in [0.15, 0.2) is 18.7 Å². The van der Waals surface area contributed by atoms with Crippen LogP contribution in [0, 0.1) is 5.92 Å². The van der Waals surface area contributed by atoms with Crippen molar-refractivity contribution in [3.63, 3.8) is 0 Å². The number of aromatic nitrogens is 2. The second-order valence-corrected chi connectivity index (χ2v) is 5.21. The van der Waals surface area contributed by atoms with Gasteiger partial charge in [0.2, 0.25) is 0 Å². The molecular formula is C13H21N3O2. The Morgan fingerprint density at radius 2 is 2.22 bits per heavy atom. The third kappa shape index (κ3) is 3.57. The molecule has 1 atom stereocenters. The van der Waals surface area contributed by atoms with Crippen molar-refractivity contribution in [3.8, 4) is 0 Å². The largest absolute Gasteiger partial charge is 0.481 e. The number of hydrogen-bond acceptors (Lipinski definition) is 3. The number of hydrogen-bond donors (Lipinski definition) is 2. The number of carbonyl (C=O) groups is 1. The van der Waals surface area contributed by atoms with Crippen molar-refractivity contribution >= 4 is 5.97 Å². The average molecular weight is 251 g/mol. The smallest absolute Gasteiger partial charge is 0.306 e. The fraction of sp³-hybridized carbons (Fsp3) is 0.692. The second kappa shape index (κ2) is 6.00. The molecule has 5 nitrogen and oxygen atoms in total. The van der Waals surface area contributed by atoms with Crippen LogP contribution in [0.2, 0.25) is 0 Å². The quantitative estimate of drug-likeness (QED) is 0.832. The summed E-state index contributed by atoms with van der Waals surface area (Å²) in [6.07, 6.45) is 9.08. The van der Waals surface area contributed by atoms with E-state index in [4.69, 9.17) is 5.11 Å². The number of nitrogens with one attached hydrogen (secondary N) is 1. The minimum Gasteiger partial charge on any atom is -0.481 e. The summed E-state index contributed by atoms with van der Waals surface area (Å²) in [5, 5.41) is 12.5. The standard InChI is InChI=1S/C13H21N3O2/c1-10(8-16-7-6-14-9-16)15-12-4-2-11(3-5-12)13(17)18/h6-7,9-12,15H,2-5,8H2,1H3,(H,17,18).